The van der Waals surface area contributed by atoms with Crippen molar-refractivity contribution < 1.29 is 9.59 Å². The molecule has 0 aromatic carbocycles. The summed E-state index contributed by atoms with van der Waals surface area (Å²) in [6.07, 6.45) is 4.75. The van der Waals surface area contributed by atoms with Gasteiger partial charge in [-0.3, -0.25) is 9.59 Å². The molecule has 18 heavy (non-hydrogen) atoms. The third-order valence-corrected chi connectivity index (χ3v) is 3.32. The van der Waals surface area contributed by atoms with Crippen LogP contribution in [0.1, 0.15) is 52.9 Å². The van der Waals surface area contributed by atoms with E-state index in [0.29, 0.717) is 6.04 Å². The molecular formula is C13H25N3O2. The lowest BCUT2D eigenvalue weighted by molar-refractivity contribution is -0.125. The average molecular weight is 255 g/mol. The molecular weight excluding hydrogens is 230 g/mol. The molecule has 1 fully saturated rings. The number of nitrogens with one attached hydrogen (secondary N) is 2. The maximum absolute atomic E-state index is 12.0. The summed E-state index contributed by atoms with van der Waals surface area (Å²) in [5.41, 5.74) is 4.72. The van der Waals surface area contributed by atoms with Crippen molar-refractivity contribution >= 4 is 11.8 Å². The first-order valence-electron chi connectivity index (χ1n) is 6.66. The highest BCUT2D eigenvalue weighted by molar-refractivity contribution is 5.82. The van der Waals surface area contributed by atoms with Crippen molar-refractivity contribution in [2.45, 2.75) is 70.5 Å². The SMILES string of the molecule is CC(NC(C)(C)CC(N)=O)C(=O)NC1CCCC1. The van der Waals surface area contributed by atoms with Crippen LogP contribution in [0, 0.1) is 0 Å². The van der Waals surface area contributed by atoms with E-state index in [1.54, 1.807) is 0 Å². The Balaban J connectivity index is 2.40. The van der Waals surface area contributed by atoms with Crippen molar-refractivity contribution in [3.05, 3.63) is 0 Å². The lowest BCUT2D eigenvalue weighted by Gasteiger charge is -2.29. The number of amides is 2. The van der Waals surface area contributed by atoms with E-state index in [1.807, 2.05) is 20.8 Å². The van der Waals surface area contributed by atoms with Gasteiger partial charge in [-0.1, -0.05) is 12.8 Å². The fourth-order valence-corrected chi connectivity index (χ4v) is 2.53. The van der Waals surface area contributed by atoms with Gasteiger partial charge in [0.25, 0.3) is 0 Å². The standard InChI is InChI=1S/C13H25N3O2/c1-9(16-13(2,3)8-11(14)17)12(18)15-10-6-4-5-7-10/h9-10,16H,4-8H2,1-3H3,(H2,14,17)(H,15,18). The second kappa shape index (κ2) is 6.18. The Kier molecular flexibility index (Phi) is 5.14. The average Bonchev–Trinajstić information content (AvgIpc) is 2.67. The summed E-state index contributed by atoms with van der Waals surface area (Å²) in [4.78, 5) is 22.9. The molecule has 2 amide bonds. The van der Waals surface area contributed by atoms with Crippen LogP contribution >= 0.6 is 0 Å². The molecule has 1 rings (SSSR count). The van der Waals surface area contributed by atoms with E-state index in [9.17, 15) is 9.59 Å². The molecule has 1 saturated carbocycles. The van der Waals surface area contributed by atoms with Gasteiger partial charge in [0.1, 0.15) is 0 Å². The number of carbonyl (C=O) groups excluding carboxylic acids is 2. The molecule has 0 aromatic heterocycles. The highest BCUT2D eigenvalue weighted by Gasteiger charge is 2.27. The van der Waals surface area contributed by atoms with E-state index in [2.05, 4.69) is 10.6 Å². The summed E-state index contributed by atoms with van der Waals surface area (Å²) in [6.45, 7) is 5.56. The third-order valence-electron chi connectivity index (χ3n) is 3.32. The first-order chi connectivity index (χ1) is 8.30. The Labute approximate surface area is 109 Å². The Morgan fingerprint density at radius 1 is 1.33 bits per heavy atom. The number of rotatable bonds is 6. The molecule has 104 valence electrons. The van der Waals surface area contributed by atoms with Crippen molar-refractivity contribution in [3.8, 4) is 0 Å². The maximum atomic E-state index is 12.0. The second-order valence-electron chi connectivity index (χ2n) is 5.88. The van der Waals surface area contributed by atoms with E-state index in [0.717, 1.165) is 12.8 Å². The number of hydrogen-bond acceptors (Lipinski definition) is 3. The molecule has 4 N–H and O–H groups in total. The van der Waals surface area contributed by atoms with Gasteiger partial charge in [-0.2, -0.15) is 0 Å². The normalized spacial score (nSPS) is 18.6. The Morgan fingerprint density at radius 2 is 1.89 bits per heavy atom. The van der Waals surface area contributed by atoms with Gasteiger partial charge in [0.2, 0.25) is 11.8 Å². The van der Waals surface area contributed by atoms with Crippen LogP contribution in [0.5, 0.6) is 0 Å². The fraction of sp³-hybridized carbons (Fsp3) is 0.846. The molecule has 5 heteroatoms. The molecule has 0 saturated heterocycles. The Morgan fingerprint density at radius 3 is 2.39 bits per heavy atom. The van der Waals surface area contributed by atoms with Crippen molar-refractivity contribution in [2.75, 3.05) is 0 Å². The van der Waals surface area contributed by atoms with Crippen LogP contribution < -0.4 is 16.4 Å². The van der Waals surface area contributed by atoms with Crippen LogP contribution in [-0.4, -0.2) is 29.4 Å². The summed E-state index contributed by atoms with van der Waals surface area (Å²) < 4.78 is 0. The zero-order valence-corrected chi connectivity index (χ0v) is 11.6. The molecule has 1 aliphatic carbocycles. The van der Waals surface area contributed by atoms with Crippen molar-refractivity contribution in [3.63, 3.8) is 0 Å². The largest absolute Gasteiger partial charge is 0.370 e. The number of nitrogens with two attached hydrogens (primary N) is 1. The molecule has 0 spiro atoms. The molecule has 1 atom stereocenters. The van der Waals surface area contributed by atoms with Crippen LogP contribution in [-0.2, 0) is 9.59 Å². The van der Waals surface area contributed by atoms with Crippen molar-refractivity contribution in [1.82, 2.24) is 10.6 Å². The molecule has 0 aliphatic heterocycles. The number of primary amides is 1. The highest BCUT2D eigenvalue weighted by atomic mass is 16.2. The molecule has 0 bridgehead atoms. The highest BCUT2D eigenvalue weighted by Crippen LogP contribution is 2.17. The molecule has 5 nitrogen and oxygen atoms in total. The zero-order chi connectivity index (χ0) is 13.8. The van der Waals surface area contributed by atoms with Gasteiger partial charge in [0.15, 0.2) is 0 Å². The second-order valence-corrected chi connectivity index (χ2v) is 5.88. The van der Waals surface area contributed by atoms with Crippen LogP contribution in [0.3, 0.4) is 0 Å². The van der Waals surface area contributed by atoms with Crippen LogP contribution in [0.4, 0.5) is 0 Å². The quantitative estimate of drug-likeness (QED) is 0.652. The van der Waals surface area contributed by atoms with Crippen molar-refractivity contribution in [2.24, 2.45) is 5.73 Å². The summed E-state index contributed by atoms with van der Waals surface area (Å²) in [5, 5.41) is 6.19. The van der Waals surface area contributed by atoms with Crippen LogP contribution in [0.25, 0.3) is 0 Å². The predicted octanol–water partition coefficient (Wildman–Crippen LogP) is 0.677. The smallest absolute Gasteiger partial charge is 0.237 e. The van der Waals surface area contributed by atoms with Gasteiger partial charge < -0.3 is 16.4 Å². The monoisotopic (exact) mass is 255 g/mol. The molecule has 0 heterocycles. The topological polar surface area (TPSA) is 84.2 Å². The summed E-state index contributed by atoms with van der Waals surface area (Å²) >= 11 is 0. The lowest BCUT2D eigenvalue weighted by Crippen LogP contribution is -2.53. The van der Waals surface area contributed by atoms with Gasteiger partial charge in [-0.05, 0) is 33.6 Å². The predicted molar refractivity (Wildman–Crippen MR) is 70.9 cm³/mol. The molecule has 0 radical (unpaired) electrons. The van der Waals surface area contributed by atoms with Gasteiger partial charge >= 0.3 is 0 Å². The number of hydrogen-bond donors (Lipinski definition) is 3. The van der Waals surface area contributed by atoms with Crippen LogP contribution in [0.2, 0.25) is 0 Å². The summed E-state index contributed by atoms with van der Waals surface area (Å²) in [5.74, 6) is -0.365. The first-order valence-corrected chi connectivity index (χ1v) is 6.66. The van der Waals surface area contributed by atoms with Gasteiger partial charge in [0.05, 0.1) is 6.04 Å². The minimum absolute atomic E-state index is 0.000514. The Bertz CT molecular complexity index is 309. The maximum Gasteiger partial charge on any atom is 0.237 e. The van der Waals surface area contributed by atoms with Crippen molar-refractivity contribution in [1.29, 1.82) is 0 Å². The lowest BCUT2D eigenvalue weighted by atomic mass is 9.99. The summed E-state index contributed by atoms with van der Waals surface area (Å²) in [7, 11) is 0. The zero-order valence-electron chi connectivity index (χ0n) is 11.6. The minimum Gasteiger partial charge on any atom is -0.370 e. The first kappa shape index (κ1) is 15.0. The van der Waals surface area contributed by atoms with E-state index >= 15 is 0 Å². The van der Waals surface area contributed by atoms with E-state index in [1.165, 1.54) is 12.8 Å². The minimum atomic E-state index is -0.460. The van der Waals surface area contributed by atoms with E-state index in [4.69, 9.17) is 5.73 Å². The van der Waals surface area contributed by atoms with E-state index in [-0.39, 0.29) is 24.3 Å². The molecule has 1 aliphatic rings. The van der Waals surface area contributed by atoms with E-state index < -0.39 is 5.54 Å². The summed E-state index contributed by atoms with van der Waals surface area (Å²) in [6, 6.07) is 0.000882. The Hall–Kier alpha value is -1.10. The number of carbonyl (C=O) groups is 2. The molecule has 1 unspecified atom stereocenters. The fourth-order valence-electron chi connectivity index (χ4n) is 2.53. The van der Waals surface area contributed by atoms with Crippen LogP contribution in [0.15, 0.2) is 0 Å². The molecule has 0 aromatic rings. The van der Waals surface area contributed by atoms with Gasteiger partial charge in [-0.25, -0.2) is 0 Å². The van der Waals surface area contributed by atoms with Gasteiger partial charge in [0, 0.05) is 18.0 Å². The third kappa shape index (κ3) is 5.04. The van der Waals surface area contributed by atoms with Gasteiger partial charge in [-0.15, -0.1) is 0 Å².